The van der Waals surface area contributed by atoms with Crippen LogP contribution in [-0.2, 0) is 4.74 Å². The minimum atomic E-state index is -0.404. The molecular weight excluding hydrogens is 182 g/mol. The van der Waals surface area contributed by atoms with Crippen molar-refractivity contribution in [3.8, 4) is 5.75 Å². The molecule has 0 fully saturated rings. The van der Waals surface area contributed by atoms with Crippen LogP contribution in [0.1, 0.15) is 23.1 Å². The number of hydrogen-bond acceptors (Lipinski definition) is 4. The minimum Gasteiger partial charge on any atom is -0.495 e. The summed E-state index contributed by atoms with van der Waals surface area (Å²) in [7, 11) is 1.56. The number of ether oxygens (including phenoxy) is 2. The van der Waals surface area contributed by atoms with Crippen molar-refractivity contribution < 1.29 is 14.3 Å². The first-order valence-corrected chi connectivity index (χ1v) is 4.37. The molecule has 0 spiro atoms. The van der Waals surface area contributed by atoms with Gasteiger partial charge in [-0.1, -0.05) is 0 Å². The molecule has 0 N–H and O–H groups in total. The molecule has 0 aliphatic rings. The number of carbonyl (C=O) groups excluding carboxylic acids is 1. The number of aryl methyl sites for hydroxylation is 1. The molecule has 1 rings (SSSR count). The van der Waals surface area contributed by atoms with Crippen LogP contribution in [0.25, 0.3) is 0 Å². The Morgan fingerprint density at radius 2 is 2.21 bits per heavy atom. The molecular formula is C10H13NO3. The highest BCUT2D eigenvalue weighted by Gasteiger charge is 2.09. The molecule has 0 aliphatic carbocycles. The van der Waals surface area contributed by atoms with Gasteiger partial charge in [-0.25, -0.2) is 9.78 Å². The van der Waals surface area contributed by atoms with E-state index in [4.69, 9.17) is 9.47 Å². The van der Waals surface area contributed by atoms with Crippen LogP contribution in [0.2, 0.25) is 0 Å². The zero-order chi connectivity index (χ0) is 10.6. The predicted molar refractivity (Wildman–Crippen MR) is 51.5 cm³/mol. The first-order chi connectivity index (χ1) is 6.69. The van der Waals surface area contributed by atoms with Crippen LogP contribution >= 0.6 is 0 Å². The van der Waals surface area contributed by atoms with Gasteiger partial charge < -0.3 is 9.47 Å². The van der Waals surface area contributed by atoms with Gasteiger partial charge in [-0.15, -0.1) is 0 Å². The molecule has 14 heavy (non-hydrogen) atoms. The van der Waals surface area contributed by atoms with Crippen molar-refractivity contribution >= 4 is 5.97 Å². The Morgan fingerprint density at radius 1 is 1.50 bits per heavy atom. The van der Waals surface area contributed by atoms with Crippen molar-refractivity contribution in [1.29, 1.82) is 0 Å². The summed E-state index contributed by atoms with van der Waals surface area (Å²) in [6, 6.07) is 3.29. The molecule has 1 heterocycles. The molecule has 0 aliphatic heterocycles. The van der Waals surface area contributed by atoms with E-state index in [2.05, 4.69) is 4.98 Å². The maximum atomic E-state index is 11.3. The maximum absolute atomic E-state index is 11.3. The molecule has 0 bridgehead atoms. The highest BCUT2D eigenvalue weighted by atomic mass is 16.5. The predicted octanol–water partition coefficient (Wildman–Crippen LogP) is 1.58. The molecule has 1 aromatic heterocycles. The third-order valence-electron chi connectivity index (χ3n) is 1.74. The van der Waals surface area contributed by atoms with Gasteiger partial charge in [0.2, 0.25) is 0 Å². The van der Waals surface area contributed by atoms with Crippen molar-refractivity contribution in [2.45, 2.75) is 13.8 Å². The number of aromatic nitrogens is 1. The summed E-state index contributed by atoms with van der Waals surface area (Å²) < 4.78 is 9.84. The standard InChI is InChI=1S/C10H13NO3/c1-4-14-10(12)8-5-6-9(13-3)7(2)11-8/h5-6H,4H2,1-3H3. The van der Waals surface area contributed by atoms with Crippen LogP contribution in [-0.4, -0.2) is 24.7 Å². The largest absolute Gasteiger partial charge is 0.495 e. The fraction of sp³-hybridized carbons (Fsp3) is 0.400. The summed E-state index contributed by atoms with van der Waals surface area (Å²) in [5, 5.41) is 0. The molecule has 0 saturated carbocycles. The van der Waals surface area contributed by atoms with Gasteiger partial charge in [0.1, 0.15) is 11.4 Å². The third-order valence-corrected chi connectivity index (χ3v) is 1.74. The lowest BCUT2D eigenvalue weighted by Crippen LogP contribution is -2.08. The van der Waals surface area contributed by atoms with Gasteiger partial charge in [0.25, 0.3) is 0 Å². The summed E-state index contributed by atoms with van der Waals surface area (Å²) in [4.78, 5) is 15.3. The molecule has 4 heteroatoms. The van der Waals surface area contributed by atoms with Gasteiger partial charge in [-0.05, 0) is 26.0 Å². The van der Waals surface area contributed by atoms with Gasteiger partial charge in [0.15, 0.2) is 0 Å². The quantitative estimate of drug-likeness (QED) is 0.687. The topological polar surface area (TPSA) is 48.4 Å². The third kappa shape index (κ3) is 2.22. The smallest absolute Gasteiger partial charge is 0.356 e. The molecule has 0 radical (unpaired) electrons. The van der Waals surface area contributed by atoms with Gasteiger partial charge in [-0.2, -0.15) is 0 Å². The Bertz CT molecular complexity index is 336. The summed E-state index contributed by atoms with van der Waals surface area (Å²) in [5.41, 5.74) is 0.989. The van der Waals surface area contributed by atoms with Gasteiger partial charge in [0, 0.05) is 0 Å². The molecule has 0 unspecified atom stereocenters. The lowest BCUT2D eigenvalue weighted by atomic mass is 10.3. The second-order valence-corrected chi connectivity index (χ2v) is 2.70. The Kier molecular flexibility index (Phi) is 3.45. The maximum Gasteiger partial charge on any atom is 0.356 e. The SMILES string of the molecule is CCOC(=O)c1ccc(OC)c(C)n1. The lowest BCUT2D eigenvalue weighted by Gasteiger charge is -2.05. The van der Waals surface area contributed by atoms with Crippen LogP contribution in [0.3, 0.4) is 0 Å². The number of pyridine rings is 1. The van der Waals surface area contributed by atoms with Crippen LogP contribution in [0.5, 0.6) is 5.75 Å². The molecule has 0 atom stereocenters. The number of carbonyl (C=O) groups is 1. The van der Waals surface area contributed by atoms with Crippen LogP contribution in [0.15, 0.2) is 12.1 Å². The van der Waals surface area contributed by atoms with E-state index in [0.29, 0.717) is 23.7 Å². The lowest BCUT2D eigenvalue weighted by molar-refractivity contribution is 0.0519. The Hall–Kier alpha value is -1.58. The fourth-order valence-electron chi connectivity index (χ4n) is 1.08. The summed E-state index contributed by atoms with van der Waals surface area (Å²) in [5.74, 6) is 0.260. The van der Waals surface area contributed by atoms with Crippen LogP contribution < -0.4 is 4.74 Å². The van der Waals surface area contributed by atoms with Crippen LogP contribution in [0, 0.1) is 6.92 Å². The number of nitrogens with zero attached hydrogens (tertiary/aromatic N) is 1. The van der Waals surface area contributed by atoms with Gasteiger partial charge >= 0.3 is 5.97 Å². The van der Waals surface area contributed by atoms with Crippen molar-refractivity contribution in [2.75, 3.05) is 13.7 Å². The van der Waals surface area contributed by atoms with E-state index in [1.165, 1.54) is 0 Å². The average Bonchev–Trinajstić information content (AvgIpc) is 2.18. The molecule has 1 aromatic rings. The summed E-state index contributed by atoms with van der Waals surface area (Å²) >= 11 is 0. The molecule has 0 amide bonds. The minimum absolute atomic E-state index is 0.310. The second kappa shape index (κ2) is 4.60. The Balaban J connectivity index is 2.91. The van der Waals surface area contributed by atoms with Crippen LogP contribution in [0.4, 0.5) is 0 Å². The summed E-state index contributed by atoms with van der Waals surface area (Å²) in [6.07, 6.45) is 0. The molecule has 0 saturated heterocycles. The Morgan fingerprint density at radius 3 is 2.71 bits per heavy atom. The number of hydrogen-bond donors (Lipinski definition) is 0. The zero-order valence-corrected chi connectivity index (χ0v) is 8.53. The van der Waals surface area contributed by atoms with Crippen molar-refractivity contribution in [3.63, 3.8) is 0 Å². The van der Waals surface area contributed by atoms with Gasteiger partial charge in [-0.3, -0.25) is 0 Å². The van der Waals surface area contributed by atoms with E-state index in [-0.39, 0.29) is 0 Å². The molecule has 0 aromatic carbocycles. The van der Waals surface area contributed by atoms with E-state index >= 15 is 0 Å². The normalized spacial score (nSPS) is 9.64. The first-order valence-electron chi connectivity index (χ1n) is 4.37. The summed E-state index contributed by atoms with van der Waals surface area (Å²) in [6.45, 7) is 3.89. The number of rotatable bonds is 3. The van der Waals surface area contributed by atoms with E-state index in [1.807, 2.05) is 0 Å². The molecule has 76 valence electrons. The van der Waals surface area contributed by atoms with E-state index in [9.17, 15) is 4.79 Å². The van der Waals surface area contributed by atoms with Gasteiger partial charge in [0.05, 0.1) is 19.4 Å². The Labute approximate surface area is 82.9 Å². The highest BCUT2D eigenvalue weighted by molar-refractivity contribution is 5.87. The first kappa shape index (κ1) is 10.5. The second-order valence-electron chi connectivity index (χ2n) is 2.70. The highest BCUT2D eigenvalue weighted by Crippen LogP contribution is 2.15. The van der Waals surface area contributed by atoms with E-state index in [0.717, 1.165) is 0 Å². The van der Waals surface area contributed by atoms with Crippen molar-refractivity contribution in [1.82, 2.24) is 4.98 Å². The fourth-order valence-corrected chi connectivity index (χ4v) is 1.08. The van der Waals surface area contributed by atoms with Crippen molar-refractivity contribution in [2.24, 2.45) is 0 Å². The zero-order valence-electron chi connectivity index (χ0n) is 8.53. The number of esters is 1. The van der Waals surface area contributed by atoms with Crippen molar-refractivity contribution in [3.05, 3.63) is 23.5 Å². The monoisotopic (exact) mass is 195 g/mol. The van der Waals surface area contributed by atoms with E-state index in [1.54, 1.807) is 33.1 Å². The average molecular weight is 195 g/mol. The molecule has 4 nitrogen and oxygen atoms in total. The van der Waals surface area contributed by atoms with E-state index < -0.39 is 5.97 Å². The number of methoxy groups -OCH3 is 1.